The number of halogens is 2. The monoisotopic (exact) mass is 608 g/mol. The van der Waals surface area contributed by atoms with Crippen LogP contribution in [0.15, 0.2) is 47.7 Å². The number of ether oxygens (including phenoxy) is 2. The molecule has 3 N–H and O–H groups in total. The van der Waals surface area contributed by atoms with Gasteiger partial charge in [-0.15, -0.1) is 0 Å². The van der Waals surface area contributed by atoms with Crippen molar-refractivity contribution >= 4 is 23.4 Å². The number of hydrogen-bond acceptors (Lipinski definition) is 8. The van der Waals surface area contributed by atoms with E-state index in [-0.39, 0.29) is 35.3 Å². The van der Waals surface area contributed by atoms with Crippen LogP contribution in [0, 0.1) is 0 Å². The molecule has 2 aromatic rings. The van der Waals surface area contributed by atoms with Crippen LogP contribution >= 0.6 is 0 Å². The summed E-state index contributed by atoms with van der Waals surface area (Å²) in [5.41, 5.74) is 3.44. The van der Waals surface area contributed by atoms with Crippen molar-refractivity contribution in [1.29, 1.82) is 0 Å². The predicted molar refractivity (Wildman–Crippen MR) is 166 cm³/mol. The first-order chi connectivity index (χ1) is 21.3. The minimum absolute atomic E-state index is 0.00616. The zero-order valence-electron chi connectivity index (χ0n) is 25.5. The summed E-state index contributed by atoms with van der Waals surface area (Å²) in [5.74, 6) is -2.56. The molecule has 1 saturated carbocycles. The lowest BCUT2D eigenvalue weighted by Gasteiger charge is -2.38. The summed E-state index contributed by atoms with van der Waals surface area (Å²) in [6.07, 6.45) is 13.1. The van der Waals surface area contributed by atoms with Crippen LogP contribution in [-0.2, 0) is 10.7 Å². The highest BCUT2D eigenvalue weighted by molar-refractivity contribution is 5.95. The number of nitrogens with one attached hydrogen (secondary N) is 3. The first-order valence-corrected chi connectivity index (χ1v) is 15.7. The maximum Gasteiger partial charge on any atom is 0.275 e. The fourth-order valence-corrected chi connectivity index (χ4v) is 6.86. The molecule has 4 aliphatic rings. The summed E-state index contributed by atoms with van der Waals surface area (Å²) in [5, 5.41) is 9.56. The quantitative estimate of drug-likeness (QED) is 0.322. The second kappa shape index (κ2) is 13.2. The third-order valence-electron chi connectivity index (χ3n) is 9.25. The molecular formula is C33H42F2N6O3. The number of rotatable bonds is 9. The van der Waals surface area contributed by atoms with Gasteiger partial charge in [0, 0.05) is 49.9 Å². The van der Waals surface area contributed by atoms with Crippen molar-refractivity contribution in [3.63, 3.8) is 0 Å². The SMILES string of the molecule is COc1cc(C(=O)NC2CCC(N3CCOCC3)CC2)ccc1Nc1ncc(C(C)(F)F)c(NC2CC3=C(CCC=C3)C2)n1. The third-order valence-corrected chi connectivity index (χ3v) is 9.25. The Kier molecular flexibility index (Phi) is 9.13. The summed E-state index contributed by atoms with van der Waals surface area (Å²) >= 11 is 0. The molecule has 1 unspecified atom stereocenters. The number of morpholine rings is 1. The summed E-state index contributed by atoms with van der Waals surface area (Å²) in [6, 6.07) is 5.81. The molecule has 1 saturated heterocycles. The minimum Gasteiger partial charge on any atom is -0.495 e. The number of carbonyl (C=O) groups is 1. The van der Waals surface area contributed by atoms with E-state index in [0.717, 1.165) is 84.6 Å². The van der Waals surface area contributed by atoms with E-state index >= 15 is 0 Å². The topological polar surface area (TPSA) is 101 Å². The van der Waals surface area contributed by atoms with Crippen LogP contribution in [0.4, 0.5) is 26.2 Å². The van der Waals surface area contributed by atoms with E-state index < -0.39 is 5.92 Å². The van der Waals surface area contributed by atoms with Gasteiger partial charge in [-0.1, -0.05) is 17.7 Å². The van der Waals surface area contributed by atoms with Gasteiger partial charge in [-0.3, -0.25) is 9.69 Å². The fraction of sp³-hybridized carbons (Fsp3) is 0.545. The van der Waals surface area contributed by atoms with Gasteiger partial charge in [-0.25, -0.2) is 13.8 Å². The van der Waals surface area contributed by atoms with Crippen LogP contribution in [-0.4, -0.2) is 72.3 Å². The number of methoxy groups -OCH3 is 1. The van der Waals surface area contributed by atoms with Gasteiger partial charge in [-0.05, 0) is 75.1 Å². The van der Waals surface area contributed by atoms with Crippen LogP contribution in [0.3, 0.4) is 0 Å². The smallest absolute Gasteiger partial charge is 0.275 e. The van der Waals surface area contributed by atoms with Crippen LogP contribution in [0.2, 0.25) is 0 Å². The van der Waals surface area contributed by atoms with Gasteiger partial charge in [0.15, 0.2) is 0 Å². The van der Waals surface area contributed by atoms with E-state index in [1.54, 1.807) is 18.2 Å². The molecular weight excluding hydrogens is 566 g/mol. The van der Waals surface area contributed by atoms with Crippen molar-refractivity contribution in [3.05, 3.63) is 58.8 Å². The Morgan fingerprint density at radius 2 is 1.91 bits per heavy atom. The number of amides is 1. The summed E-state index contributed by atoms with van der Waals surface area (Å²) in [4.78, 5) is 24.3. The molecule has 1 aromatic carbocycles. The highest BCUT2D eigenvalue weighted by atomic mass is 19.3. The molecule has 2 fully saturated rings. The Hall–Kier alpha value is -3.57. The standard InChI is InChI=1S/C33H42F2N6O3/c1-33(34,35)27-20-36-32(40-30(27)37-25-17-21-5-3-4-6-22(21)18-25)39-28-12-7-23(19-29(28)43-2)31(42)38-24-8-10-26(11-9-24)41-13-15-44-16-14-41/h3,5,7,12,19-20,24-26H,4,6,8-11,13-18H2,1-2H3,(H,38,42)(H2,36,37,39,40). The van der Waals surface area contributed by atoms with E-state index in [1.165, 1.54) is 24.5 Å². The van der Waals surface area contributed by atoms with E-state index in [4.69, 9.17) is 9.47 Å². The molecule has 3 aliphatic carbocycles. The molecule has 0 radical (unpaired) electrons. The molecule has 0 bridgehead atoms. The molecule has 11 heteroatoms. The lowest BCUT2D eigenvalue weighted by Crippen LogP contribution is -2.47. The number of carbonyl (C=O) groups excluding carboxylic acids is 1. The molecule has 6 rings (SSSR count). The molecule has 2 heterocycles. The molecule has 236 valence electrons. The van der Waals surface area contributed by atoms with Crippen molar-refractivity contribution in [3.8, 4) is 5.75 Å². The van der Waals surface area contributed by atoms with Crippen molar-refractivity contribution in [2.24, 2.45) is 0 Å². The van der Waals surface area contributed by atoms with Crippen LogP contribution < -0.4 is 20.7 Å². The molecule has 1 aliphatic heterocycles. The Morgan fingerprint density at radius 3 is 2.64 bits per heavy atom. The number of allylic oxidation sites excluding steroid dienone is 2. The number of hydrogen-bond donors (Lipinski definition) is 3. The Morgan fingerprint density at radius 1 is 1.11 bits per heavy atom. The maximum absolute atomic E-state index is 14.5. The van der Waals surface area contributed by atoms with Crippen LogP contribution in [0.1, 0.15) is 74.2 Å². The normalized spacial score (nSPS) is 24.1. The van der Waals surface area contributed by atoms with Crippen LogP contribution in [0.25, 0.3) is 0 Å². The van der Waals surface area contributed by atoms with Gasteiger partial charge in [0.05, 0.1) is 31.6 Å². The van der Waals surface area contributed by atoms with E-state index in [1.807, 2.05) is 0 Å². The first kappa shape index (κ1) is 30.5. The zero-order valence-corrected chi connectivity index (χ0v) is 25.5. The summed E-state index contributed by atoms with van der Waals surface area (Å²) < 4.78 is 40.1. The van der Waals surface area contributed by atoms with Gasteiger partial charge in [0.25, 0.3) is 11.8 Å². The molecule has 1 atom stereocenters. The molecule has 9 nitrogen and oxygen atoms in total. The van der Waals surface area contributed by atoms with E-state index in [2.05, 4.69) is 43.0 Å². The minimum atomic E-state index is -3.11. The number of nitrogens with zero attached hydrogens (tertiary/aromatic N) is 3. The van der Waals surface area contributed by atoms with Gasteiger partial charge in [0.1, 0.15) is 11.6 Å². The van der Waals surface area contributed by atoms with Crippen molar-refractivity contribution in [1.82, 2.24) is 20.2 Å². The lowest BCUT2D eigenvalue weighted by molar-refractivity contribution is 0.00664. The largest absolute Gasteiger partial charge is 0.495 e. The van der Waals surface area contributed by atoms with Crippen LogP contribution in [0.5, 0.6) is 5.75 Å². The Bertz CT molecular complexity index is 1410. The lowest BCUT2D eigenvalue weighted by atomic mass is 9.89. The van der Waals surface area contributed by atoms with Crippen molar-refractivity contribution in [2.45, 2.75) is 82.3 Å². The third kappa shape index (κ3) is 7.04. The van der Waals surface area contributed by atoms with Gasteiger partial charge < -0.3 is 25.4 Å². The average Bonchev–Trinajstić information content (AvgIpc) is 3.44. The van der Waals surface area contributed by atoms with Crippen molar-refractivity contribution in [2.75, 3.05) is 44.0 Å². The number of benzene rings is 1. The number of anilines is 3. The van der Waals surface area contributed by atoms with Gasteiger partial charge in [-0.2, -0.15) is 4.98 Å². The summed E-state index contributed by atoms with van der Waals surface area (Å²) in [7, 11) is 1.52. The van der Waals surface area contributed by atoms with E-state index in [0.29, 0.717) is 23.0 Å². The molecule has 0 spiro atoms. The highest BCUT2D eigenvalue weighted by Crippen LogP contribution is 2.38. The average molecular weight is 609 g/mol. The molecule has 1 amide bonds. The summed E-state index contributed by atoms with van der Waals surface area (Å²) in [6.45, 7) is 4.42. The second-order valence-corrected chi connectivity index (χ2v) is 12.3. The first-order valence-electron chi connectivity index (χ1n) is 15.7. The maximum atomic E-state index is 14.5. The van der Waals surface area contributed by atoms with Crippen molar-refractivity contribution < 1.29 is 23.0 Å². The Balaban J connectivity index is 1.10. The molecule has 1 aromatic heterocycles. The highest BCUT2D eigenvalue weighted by Gasteiger charge is 2.32. The second-order valence-electron chi connectivity index (χ2n) is 12.3. The number of aromatic nitrogens is 2. The van der Waals surface area contributed by atoms with E-state index in [9.17, 15) is 13.6 Å². The zero-order chi connectivity index (χ0) is 30.7. The molecule has 44 heavy (non-hydrogen) atoms. The van der Waals surface area contributed by atoms with Gasteiger partial charge >= 0.3 is 0 Å². The Labute approximate surface area is 257 Å². The fourth-order valence-electron chi connectivity index (χ4n) is 6.86. The predicted octanol–water partition coefficient (Wildman–Crippen LogP) is 5.93. The van der Waals surface area contributed by atoms with Gasteiger partial charge in [0.2, 0.25) is 5.95 Å². The number of alkyl halides is 2.